The van der Waals surface area contributed by atoms with Gasteiger partial charge in [0.2, 0.25) is 0 Å². The Balaban J connectivity index is 1.15. The third kappa shape index (κ3) is 4.07. The molecule has 2 aromatic heterocycles. The highest BCUT2D eigenvalue weighted by Crippen LogP contribution is 2.31. The van der Waals surface area contributed by atoms with Crippen molar-refractivity contribution in [3.05, 3.63) is 78.2 Å². The summed E-state index contributed by atoms with van der Waals surface area (Å²) in [7, 11) is 0. The zero-order valence-electron chi connectivity index (χ0n) is 16.8. The Bertz CT molecular complexity index is 986. The fourth-order valence-corrected chi connectivity index (χ4v) is 6.61. The molecule has 3 aromatic rings. The number of carbonyl (C=O) groups excluding carboxylic acids is 2. The maximum Gasteiger partial charge on any atom is 0.261 e. The zero-order valence-corrected chi connectivity index (χ0v) is 18.4. The molecule has 0 spiro atoms. The molecule has 2 aliphatic carbocycles. The number of amides is 2. The van der Waals surface area contributed by atoms with Crippen molar-refractivity contribution in [1.82, 2.24) is 10.6 Å². The Kier molecular flexibility index (Phi) is 5.44. The van der Waals surface area contributed by atoms with Crippen molar-refractivity contribution >= 4 is 34.5 Å². The monoisotopic (exact) mass is 436 g/mol. The highest BCUT2D eigenvalue weighted by molar-refractivity contribution is 7.14. The molecular formula is C24H24N2O2S2. The van der Waals surface area contributed by atoms with Gasteiger partial charge in [-0.1, -0.05) is 24.3 Å². The van der Waals surface area contributed by atoms with E-state index >= 15 is 0 Å². The van der Waals surface area contributed by atoms with Crippen LogP contribution in [0.4, 0.5) is 0 Å². The van der Waals surface area contributed by atoms with Crippen molar-refractivity contribution in [1.29, 1.82) is 0 Å². The largest absolute Gasteiger partial charge is 0.347 e. The minimum absolute atomic E-state index is 0.00107. The van der Waals surface area contributed by atoms with E-state index in [9.17, 15) is 9.59 Å². The highest BCUT2D eigenvalue weighted by atomic mass is 32.1. The van der Waals surface area contributed by atoms with Crippen LogP contribution in [-0.2, 0) is 38.8 Å². The first-order valence-corrected chi connectivity index (χ1v) is 12.2. The van der Waals surface area contributed by atoms with E-state index in [2.05, 4.69) is 22.8 Å². The van der Waals surface area contributed by atoms with Crippen LogP contribution in [0.3, 0.4) is 0 Å². The molecule has 2 aliphatic rings. The molecular weight excluding hydrogens is 412 g/mol. The highest BCUT2D eigenvalue weighted by Gasteiger charge is 2.19. The lowest BCUT2D eigenvalue weighted by Gasteiger charge is -2.08. The molecule has 6 heteroatoms. The van der Waals surface area contributed by atoms with Crippen LogP contribution in [0.1, 0.15) is 64.2 Å². The number of hydrogen-bond donors (Lipinski definition) is 2. The van der Waals surface area contributed by atoms with E-state index in [1.165, 1.54) is 33.7 Å². The summed E-state index contributed by atoms with van der Waals surface area (Å²) in [5.41, 5.74) is 4.77. The number of benzene rings is 1. The number of hydrogen-bond acceptors (Lipinski definition) is 4. The zero-order chi connectivity index (χ0) is 20.5. The van der Waals surface area contributed by atoms with Crippen LogP contribution in [0.2, 0.25) is 0 Å². The van der Waals surface area contributed by atoms with E-state index in [1.54, 1.807) is 22.7 Å². The van der Waals surface area contributed by atoms with Crippen molar-refractivity contribution in [3.63, 3.8) is 0 Å². The summed E-state index contributed by atoms with van der Waals surface area (Å²) >= 11 is 3.25. The molecule has 5 rings (SSSR count). The molecule has 4 nitrogen and oxygen atoms in total. The topological polar surface area (TPSA) is 58.2 Å². The van der Waals surface area contributed by atoms with Crippen molar-refractivity contribution in [2.24, 2.45) is 0 Å². The van der Waals surface area contributed by atoms with Crippen LogP contribution in [0.15, 0.2) is 36.4 Å². The second-order valence-electron chi connectivity index (χ2n) is 8.01. The van der Waals surface area contributed by atoms with Gasteiger partial charge in [-0.2, -0.15) is 0 Å². The molecule has 0 fully saturated rings. The second-order valence-corrected chi connectivity index (χ2v) is 10.3. The molecule has 2 N–H and O–H groups in total. The van der Waals surface area contributed by atoms with Gasteiger partial charge in [0.25, 0.3) is 11.8 Å². The fourth-order valence-electron chi connectivity index (χ4n) is 4.27. The summed E-state index contributed by atoms with van der Waals surface area (Å²) in [5.74, 6) is -0.00213. The lowest BCUT2D eigenvalue weighted by atomic mass is 10.1. The van der Waals surface area contributed by atoms with E-state index in [1.807, 2.05) is 24.3 Å². The maximum atomic E-state index is 12.5. The molecule has 0 radical (unpaired) electrons. The van der Waals surface area contributed by atoms with Crippen molar-refractivity contribution in [2.75, 3.05) is 0 Å². The molecule has 154 valence electrons. The summed E-state index contributed by atoms with van der Waals surface area (Å²) in [4.78, 5) is 29.3. The standard InChI is InChI=1S/C24H24N2O2S2/c27-23(21-11-17-6-2-8-19(17)29-21)25-13-15-4-1-5-16(10-15)14-26-24(28)22-12-18-7-3-9-20(18)30-22/h1,4-5,10-12H,2-3,6-9,13-14H2,(H,25,27)(H,26,28). The van der Waals surface area contributed by atoms with E-state index in [0.29, 0.717) is 13.1 Å². The van der Waals surface area contributed by atoms with Gasteiger partial charge in [-0.15, -0.1) is 22.7 Å². The SMILES string of the molecule is O=C(NCc1cccc(CNC(=O)c2cc3c(s2)CCC3)c1)c1cc2c(s1)CCC2. The number of carbonyl (C=O) groups is 2. The van der Waals surface area contributed by atoms with E-state index in [0.717, 1.165) is 46.6 Å². The molecule has 0 unspecified atom stereocenters. The van der Waals surface area contributed by atoms with Gasteiger partial charge in [-0.3, -0.25) is 9.59 Å². The maximum absolute atomic E-state index is 12.5. The van der Waals surface area contributed by atoms with Crippen LogP contribution in [0.25, 0.3) is 0 Å². The fraction of sp³-hybridized carbons (Fsp3) is 0.333. The Morgan fingerprint density at radius 1 is 0.733 bits per heavy atom. The smallest absolute Gasteiger partial charge is 0.261 e. The molecule has 0 atom stereocenters. The minimum atomic E-state index is -0.00107. The first-order chi connectivity index (χ1) is 14.7. The van der Waals surface area contributed by atoms with Crippen LogP contribution in [0.5, 0.6) is 0 Å². The van der Waals surface area contributed by atoms with Crippen molar-refractivity contribution in [3.8, 4) is 0 Å². The third-order valence-corrected chi connectivity index (χ3v) is 8.31. The number of thiophene rings is 2. The van der Waals surface area contributed by atoms with Gasteiger partial charge in [0.05, 0.1) is 9.75 Å². The van der Waals surface area contributed by atoms with Crippen molar-refractivity contribution in [2.45, 2.75) is 51.6 Å². The molecule has 2 heterocycles. The Hall–Kier alpha value is -2.44. The van der Waals surface area contributed by atoms with Gasteiger partial charge < -0.3 is 10.6 Å². The lowest BCUT2D eigenvalue weighted by molar-refractivity contribution is 0.0947. The lowest BCUT2D eigenvalue weighted by Crippen LogP contribution is -2.23. The summed E-state index contributed by atoms with van der Waals surface area (Å²) < 4.78 is 0. The molecule has 2 amide bonds. The van der Waals surface area contributed by atoms with Gasteiger partial charge in [0, 0.05) is 22.8 Å². The van der Waals surface area contributed by atoms with Gasteiger partial charge in [0.1, 0.15) is 0 Å². The Morgan fingerprint density at radius 3 is 1.70 bits per heavy atom. The van der Waals surface area contributed by atoms with Gasteiger partial charge in [-0.05, 0) is 72.9 Å². The molecule has 0 saturated heterocycles. The number of nitrogens with one attached hydrogen (secondary N) is 2. The average Bonchev–Trinajstić information content (AvgIpc) is 3.50. The second kappa shape index (κ2) is 8.36. The van der Waals surface area contributed by atoms with E-state index in [-0.39, 0.29) is 11.8 Å². The Morgan fingerprint density at radius 2 is 1.23 bits per heavy atom. The average molecular weight is 437 g/mol. The molecule has 0 bridgehead atoms. The summed E-state index contributed by atoms with van der Waals surface area (Å²) in [6.07, 6.45) is 6.83. The van der Waals surface area contributed by atoms with Crippen LogP contribution in [0, 0.1) is 0 Å². The van der Waals surface area contributed by atoms with Crippen molar-refractivity contribution < 1.29 is 9.59 Å². The first kappa shape index (κ1) is 19.5. The quantitative estimate of drug-likeness (QED) is 0.591. The molecule has 0 saturated carbocycles. The van der Waals surface area contributed by atoms with E-state index in [4.69, 9.17) is 0 Å². The van der Waals surface area contributed by atoms with Crippen LogP contribution >= 0.6 is 22.7 Å². The number of rotatable bonds is 6. The summed E-state index contributed by atoms with van der Waals surface area (Å²) in [5, 5.41) is 6.06. The van der Waals surface area contributed by atoms with Crippen LogP contribution < -0.4 is 10.6 Å². The predicted molar refractivity (Wildman–Crippen MR) is 121 cm³/mol. The predicted octanol–water partition coefficient (Wildman–Crippen LogP) is 4.65. The van der Waals surface area contributed by atoms with E-state index < -0.39 is 0 Å². The third-order valence-electron chi connectivity index (χ3n) is 5.84. The summed E-state index contributed by atoms with van der Waals surface area (Å²) in [6, 6.07) is 12.1. The van der Waals surface area contributed by atoms with Gasteiger partial charge in [-0.25, -0.2) is 0 Å². The molecule has 1 aromatic carbocycles. The molecule has 0 aliphatic heterocycles. The summed E-state index contributed by atoms with van der Waals surface area (Å²) in [6.45, 7) is 0.974. The van der Waals surface area contributed by atoms with Gasteiger partial charge >= 0.3 is 0 Å². The first-order valence-electron chi connectivity index (χ1n) is 10.5. The molecule has 30 heavy (non-hydrogen) atoms. The number of fused-ring (bicyclic) bond motifs is 2. The van der Waals surface area contributed by atoms with Crippen LogP contribution in [-0.4, -0.2) is 11.8 Å². The minimum Gasteiger partial charge on any atom is -0.347 e. The van der Waals surface area contributed by atoms with Gasteiger partial charge in [0.15, 0.2) is 0 Å². The number of aryl methyl sites for hydroxylation is 4. The normalized spacial score (nSPS) is 14.4. The Labute approximate surface area is 184 Å².